The summed E-state index contributed by atoms with van der Waals surface area (Å²) < 4.78 is 32.5. The fourth-order valence-electron chi connectivity index (χ4n) is 3.70. The molecule has 4 rings (SSSR count). The van der Waals surface area contributed by atoms with Gasteiger partial charge in [-0.2, -0.15) is 0 Å². The molecule has 1 atom stereocenters. The lowest BCUT2D eigenvalue weighted by Gasteiger charge is -2.27. The van der Waals surface area contributed by atoms with E-state index in [2.05, 4.69) is 4.52 Å². The molecule has 0 spiro atoms. The van der Waals surface area contributed by atoms with Gasteiger partial charge in [0.25, 0.3) is 0 Å². The van der Waals surface area contributed by atoms with Crippen molar-refractivity contribution in [2.75, 3.05) is 20.3 Å². The van der Waals surface area contributed by atoms with Gasteiger partial charge in [0.2, 0.25) is 5.43 Å². The zero-order chi connectivity index (χ0) is 25.9. The number of fused-ring (bicyclic) bond motifs is 2. The van der Waals surface area contributed by atoms with Gasteiger partial charge in [0.1, 0.15) is 28.4 Å². The number of aliphatic hydroxyl groups excluding tert-OH is 1. The Bertz CT molecular complexity index is 1500. The first-order chi connectivity index (χ1) is 17.1. The molecule has 0 aliphatic carbocycles. The first-order valence-electron chi connectivity index (χ1n) is 11.0. The Labute approximate surface area is 206 Å². The van der Waals surface area contributed by atoms with Crippen LogP contribution in [0.25, 0.3) is 21.9 Å². The van der Waals surface area contributed by atoms with Crippen LogP contribution in [0.1, 0.15) is 12.0 Å². The van der Waals surface area contributed by atoms with Crippen molar-refractivity contribution < 1.29 is 37.9 Å². The van der Waals surface area contributed by atoms with E-state index in [9.17, 15) is 14.5 Å². The van der Waals surface area contributed by atoms with Gasteiger partial charge in [-0.15, -0.1) is 0 Å². The molecule has 1 aromatic heterocycles. The average molecular weight is 515 g/mol. The van der Waals surface area contributed by atoms with Crippen LogP contribution in [0, 0.1) is 0 Å². The Morgan fingerprint density at radius 3 is 2.44 bits per heavy atom. The van der Waals surface area contributed by atoms with Crippen LogP contribution in [-0.2, 0) is 15.5 Å². The zero-order valence-electron chi connectivity index (χ0n) is 19.4. The molecular weight excluding hydrogens is 489 g/mol. The van der Waals surface area contributed by atoms with Gasteiger partial charge in [0.05, 0.1) is 36.6 Å². The first kappa shape index (κ1) is 25.8. The van der Waals surface area contributed by atoms with Crippen molar-refractivity contribution in [3.8, 4) is 17.2 Å². The summed E-state index contributed by atoms with van der Waals surface area (Å²) in [6.45, 7) is -1.05. The third-order valence-electron chi connectivity index (χ3n) is 5.73. The predicted octanol–water partition coefficient (Wildman–Crippen LogP) is 3.48. The molecule has 0 fully saturated rings. The van der Waals surface area contributed by atoms with Gasteiger partial charge in [-0.05, 0) is 54.8 Å². The number of aliphatic hydroxyl groups is 1. The Morgan fingerprint density at radius 1 is 0.972 bits per heavy atom. The fraction of sp³-hybridized carbons (Fsp3) is 0.240. The van der Waals surface area contributed by atoms with Crippen molar-refractivity contribution in [2.45, 2.75) is 18.4 Å². The van der Waals surface area contributed by atoms with Gasteiger partial charge in [0, 0.05) is 12.1 Å². The summed E-state index contributed by atoms with van der Waals surface area (Å²) >= 11 is 0. The Hall–Kier alpha value is -3.24. The van der Waals surface area contributed by atoms with Crippen LogP contribution in [0.4, 0.5) is 0 Å². The molecule has 0 aliphatic heterocycles. The summed E-state index contributed by atoms with van der Waals surface area (Å²) in [5, 5.41) is 10.4. The third-order valence-corrected chi connectivity index (χ3v) is 6.20. The summed E-state index contributed by atoms with van der Waals surface area (Å²) in [5.41, 5.74) is 5.97. The van der Waals surface area contributed by atoms with E-state index in [1.165, 1.54) is 0 Å². The Morgan fingerprint density at radius 2 is 1.72 bits per heavy atom. The first-order valence-corrected chi connectivity index (χ1v) is 12.5. The van der Waals surface area contributed by atoms with Gasteiger partial charge in [0.15, 0.2) is 0 Å². The van der Waals surface area contributed by atoms with Crippen molar-refractivity contribution in [3.63, 3.8) is 0 Å². The standard InChI is InChI=1S/C25H26NO9P/c1-32-17-3-2-4-18(12-17)34-19-6-7-20-23(13-19)35-22-8-5-16(11-21(22)24(20)28)9-10-25(26,14-27)15-33-36(29,30)31/h2-8,11-13,27H,9-10,14-15,26H2,1H3,(H2,29,30,31). The molecule has 0 radical (unpaired) electrons. The molecule has 1 unspecified atom stereocenters. The van der Waals surface area contributed by atoms with Crippen molar-refractivity contribution in [1.29, 1.82) is 0 Å². The summed E-state index contributed by atoms with van der Waals surface area (Å²) in [4.78, 5) is 31.0. The Kier molecular flexibility index (Phi) is 7.46. The topological polar surface area (TPSA) is 162 Å². The number of phosphoric acid groups is 1. The molecule has 5 N–H and O–H groups in total. The zero-order valence-corrected chi connectivity index (χ0v) is 20.3. The van der Waals surface area contributed by atoms with Gasteiger partial charge in [-0.25, -0.2) is 4.57 Å². The normalized spacial score (nSPS) is 13.6. The number of ether oxygens (including phenoxy) is 2. The minimum atomic E-state index is -4.72. The lowest BCUT2D eigenvalue weighted by molar-refractivity contribution is 0.102. The molecule has 4 aromatic rings. The number of hydrogen-bond donors (Lipinski definition) is 4. The SMILES string of the molecule is COc1cccc(Oc2ccc3c(=O)c4cc(CCC(N)(CO)COP(=O)(O)O)ccc4oc3c2)c1. The van der Waals surface area contributed by atoms with Crippen molar-refractivity contribution in [2.24, 2.45) is 5.73 Å². The van der Waals surface area contributed by atoms with Gasteiger partial charge in [-0.3, -0.25) is 9.32 Å². The van der Waals surface area contributed by atoms with Gasteiger partial charge < -0.3 is 34.5 Å². The summed E-state index contributed by atoms with van der Waals surface area (Å²) in [7, 11) is -3.15. The van der Waals surface area contributed by atoms with Crippen LogP contribution >= 0.6 is 7.82 Å². The van der Waals surface area contributed by atoms with Gasteiger partial charge in [-0.1, -0.05) is 12.1 Å². The van der Waals surface area contributed by atoms with Crippen LogP contribution in [0.3, 0.4) is 0 Å². The molecule has 0 amide bonds. The van der Waals surface area contributed by atoms with E-state index >= 15 is 0 Å². The maximum absolute atomic E-state index is 13.2. The molecule has 3 aromatic carbocycles. The number of rotatable bonds is 10. The highest BCUT2D eigenvalue weighted by Crippen LogP contribution is 2.37. The number of benzene rings is 3. The molecular formula is C25H26NO9P. The highest BCUT2D eigenvalue weighted by Gasteiger charge is 2.28. The van der Waals surface area contributed by atoms with E-state index in [0.29, 0.717) is 45.6 Å². The smallest absolute Gasteiger partial charge is 0.469 e. The largest absolute Gasteiger partial charge is 0.497 e. The van der Waals surface area contributed by atoms with E-state index in [4.69, 9.17) is 29.4 Å². The Balaban J connectivity index is 1.57. The second kappa shape index (κ2) is 10.4. The fourth-order valence-corrected chi connectivity index (χ4v) is 4.13. The summed E-state index contributed by atoms with van der Waals surface area (Å²) in [5.74, 6) is 1.73. The number of phosphoric ester groups is 1. The van der Waals surface area contributed by atoms with Crippen LogP contribution in [0.15, 0.2) is 69.9 Å². The predicted molar refractivity (Wildman–Crippen MR) is 133 cm³/mol. The van der Waals surface area contributed by atoms with E-state index in [1.807, 2.05) is 0 Å². The lowest BCUT2D eigenvalue weighted by Crippen LogP contribution is -2.48. The second-order valence-corrected chi connectivity index (χ2v) is 9.72. The molecule has 11 heteroatoms. The minimum absolute atomic E-state index is 0.166. The molecule has 36 heavy (non-hydrogen) atoms. The highest BCUT2D eigenvalue weighted by atomic mass is 31.2. The number of hydrogen-bond acceptors (Lipinski definition) is 8. The molecule has 1 heterocycles. The van der Waals surface area contributed by atoms with Crippen LogP contribution in [0.2, 0.25) is 0 Å². The monoisotopic (exact) mass is 515 g/mol. The number of nitrogens with two attached hydrogens (primary N) is 1. The van der Waals surface area contributed by atoms with E-state index < -0.39 is 26.6 Å². The molecule has 0 saturated carbocycles. The highest BCUT2D eigenvalue weighted by molar-refractivity contribution is 7.46. The maximum atomic E-state index is 13.2. The van der Waals surface area contributed by atoms with Crippen molar-refractivity contribution >= 4 is 29.8 Å². The number of methoxy groups -OCH3 is 1. The molecule has 0 bridgehead atoms. The van der Waals surface area contributed by atoms with E-state index in [0.717, 1.165) is 5.56 Å². The summed E-state index contributed by atoms with van der Waals surface area (Å²) in [6.07, 6.45) is 0.501. The molecule has 190 valence electrons. The van der Waals surface area contributed by atoms with Crippen molar-refractivity contribution in [3.05, 3.63) is 76.5 Å². The average Bonchev–Trinajstić information content (AvgIpc) is 2.86. The van der Waals surface area contributed by atoms with E-state index in [-0.39, 0.29) is 11.8 Å². The molecule has 0 aliphatic rings. The molecule has 10 nitrogen and oxygen atoms in total. The lowest BCUT2D eigenvalue weighted by atomic mass is 9.93. The van der Waals surface area contributed by atoms with Crippen LogP contribution in [-0.4, -0.2) is 40.8 Å². The van der Waals surface area contributed by atoms with Crippen molar-refractivity contribution in [1.82, 2.24) is 0 Å². The molecule has 0 saturated heterocycles. The quantitative estimate of drug-likeness (QED) is 0.182. The second-order valence-electron chi connectivity index (χ2n) is 8.49. The van der Waals surface area contributed by atoms with E-state index in [1.54, 1.807) is 67.8 Å². The van der Waals surface area contributed by atoms with Crippen LogP contribution < -0.4 is 20.6 Å². The minimum Gasteiger partial charge on any atom is -0.497 e. The van der Waals surface area contributed by atoms with Gasteiger partial charge >= 0.3 is 7.82 Å². The third kappa shape index (κ3) is 6.11. The summed E-state index contributed by atoms with van der Waals surface area (Å²) in [6, 6.07) is 17.2. The van der Waals surface area contributed by atoms with Crippen LogP contribution in [0.5, 0.6) is 17.2 Å². The number of aryl methyl sites for hydroxylation is 1. The maximum Gasteiger partial charge on any atom is 0.469 e.